The predicted octanol–water partition coefficient (Wildman–Crippen LogP) is 4.67. The molecule has 0 fully saturated rings. The minimum Gasteiger partial charge on any atom is -0.351 e. The SMILES string of the molecule is O=c1c2ccccc2nc(NCc2ccccc2)n1-c1cc([N+](=O)[O-])ccc1Br. The van der Waals surface area contributed by atoms with Crippen molar-refractivity contribution >= 4 is 38.5 Å². The summed E-state index contributed by atoms with van der Waals surface area (Å²) in [5.41, 5.74) is 1.48. The molecule has 0 unspecified atom stereocenters. The number of benzene rings is 3. The zero-order valence-electron chi connectivity index (χ0n) is 15.1. The third kappa shape index (κ3) is 3.74. The Morgan fingerprint density at radius 2 is 1.76 bits per heavy atom. The van der Waals surface area contributed by atoms with E-state index in [4.69, 9.17) is 0 Å². The van der Waals surface area contributed by atoms with E-state index in [0.717, 1.165) is 5.56 Å². The van der Waals surface area contributed by atoms with E-state index in [1.807, 2.05) is 36.4 Å². The Morgan fingerprint density at radius 3 is 2.52 bits per heavy atom. The van der Waals surface area contributed by atoms with Gasteiger partial charge in [0.05, 0.1) is 21.5 Å². The molecule has 3 aromatic carbocycles. The average molecular weight is 451 g/mol. The molecule has 0 saturated heterocycles. The Hall–Kier alpha value is -3.52. The molecule has 8 heteroatoms. The summed E-state index contributed by atoms with van der Waals surface area (Å²) in [6.45, 7) is 0.443. The fourth-order valence-electron chi connectivity index (χ4n) is 3.04. The van der Waals surface area contributed by atoms with Gasteiger partial charge in [0.2, 0.25) is 5.95 Å². The van der Waals surface area contributed by atoms with Crippen LogP contribution < -0.4 is 10.9 Å². The average Bonchev–Trinajstić information content (AvgIpc) is 2.74. The van der Waals surface area contributed by atoms with Gasteiger partial charge in [0.1, 0.15) is 0 Å². The lowest BCUT2D eigenvalue weighted by molar-refractivity contribution is -0.384. The summed E-state index contributed by atoms with van der Waals surface area (Å²) >= 11 is 3.41. The standard InChI is InChI=1S/C21H15BrN4O3/c22-17-11-10-15(26(28)29)12-19(17)25-20(27)16-8-4-5-9-18(16)24-21(25)23-13-14-6-2-1-3-7-14/h1-12H,13H2,(H,23,24). The summed E-state index contributed by atoms with van der Waals surface area (Å²) in [5, 5.41) is 14.9. The number of fused-ring (bicyclic) bond motifs is 1. The van der Waals surface area contributed by atoms with E-state index in [2.05, 4.69) is 26.2 Å². The number of para-hydroxylation sites is 1. The molecule has 0 atom stereocenters. The lowest BCUT2D eigenvalue weighted by atomic mass is 10.2. The Labute approximate surface area is 173 Å². The van der Waals surface area contributed by atoms with Crippen LogP contribution in [-0.2, 0) is 6.54 Å². The fourth-order valence-corrected chi connectivity index (χ4v) is 3.46. The van der Waals surface area contributed by atoms with E-state index in [1.165, 1.54) is 16.7 Å². The summed E-state index contributed by atoms with van der Waals surface area (Å²) in [7, 11) is 0. The van der Waals surface area contributed by atoms with Crippen molar-refractivity contribution in [3.63, 3.8) is 0 Å². The van der Waals surface area contributed by atoms with Crippen molar-refractivity contribution in [3.05, 3.63) is 103 Å². The normalized spacial score (nSPS) is 10.8. The number of nitrogens with one attached hydrogen (secondary N) is 1. The summed E-state index contributed by atoms with van der Waals surface area (Å²) in [5.74, 6) is 0.304. The van der Waals surface area contributed by atoms with E-state index in [9.17, 15) is 14.9 Å². The van der Waals surface area contributed by atoms with Gasteiger partial charge >= 0.3 is 0 Å². The molecule has 0 aliphatic rings. The van der Waals surface area contributed by atoms with Crippen molar-refractivity contribution in [2.45, 2.75) is 6.54 Å². The smallest absolute Gasteiger partial charge is 0.271 e. The van der Waals surface area contributed by atoms with Crippen molar-refractivity contribution in [3.8, 4) is 5.69 Å². The first-order valence-electron chi connectivity index (χ1n) is 8.78. The highest BCUT2D eigenvalue weighted by atomic mass is 79.9. The minimum absolute atomic E-state index is 0.114. The van der Waals surface area contributed by atoms with Gasteiger partial charge in [0.25, 0.3) is 11.2 Å². The number of hydrogen-bond donors (Lipinski definition) is 1. The second-order valence-electron chi connectivity index (χ2n) is 6.33. The number of nitro benzene ring substituents is 1. The molecule has 29 heavy (non-hydrogen) atoms. The summed E-state index contributed by atoms with van der Waals surface area (Å²) < 4.78 is 1.91. The highest BCUT2D eigenvalue weighted by Gasteiger charge is 2.18. The highest BCUT2D eigenvalue weighted by Crippen LogP contribution is 2.28. The predicted molar refractivity (Wildman–Crippen MR) is 115 cm³/mol. The monoisotopic (exact) mass is 450 g/mol. The molecule has 1 heterocycles. The van der Waals surface area contributed by atoms with E-state index >= 15 is 0 Å². The second-order valence-corrected chi connectivity index (χ2v) is 7.18. The number of nitrogens with zero attached hydrogens (tertiary/aromatic N) is 3. The Balaban J connectivity index is 1.92. The van der Waals surface area contributed by atoms with Gasteiger partial charge < -0.3 is 5.32 Å². The molecule has 0 bridgehead atoms. The number of anilines is 1. The minimum atomic E-state index is -0.494. The number of halogens is 1. The number of hydrogen-bond acceptors (Lipinski definition) is 5. The molecule has 4 rings (SSSR count). The summed E-state index contributed by atoms with van der Waals surface area (Å²) in [4.78, 5) is 28.7. The van der Waals surface area contributed by atoms with Crippen LogP contribution in [0.2, 0.25) is 0 Å². The molecule has 0 radical (unpaired) electrons. The first-order valence-corrected chi connectivity index (χ1v) is 9.58. The van der Waals surface area contributed by atoms with Crippen molar-refractivity contribution in [2.24, 2.45) is 0 Å². The Kier molecular flexibility index (Phi) is 5.09. The number of non-ortho nitro benzene ring substituents is 1. The van der Waals surface area contributed by atoms with E-state index in [-0.39, 0.29) is 11.2 Å². The van der Waals surface area contributed by atoms with Crippen molar-refractivity contribution in [2.75, 3.05) is 5.32 Å². The van der Waals surface area contributed by atoms with Crippen LogP contribution in [-0.4, -0.2) is 14.5 Å². The van der Waals surface area contributed by atoms with Gasteiger partial charge in [0.15, 0.2) is 0 Å². The van der Waals surface area contributed by atoms with Crippen LogP contribution in [0.15, 0.2) is 82.1 Å². The molecular weight excluding hydrogens is 436 g/mol. The topological polar surface area (TPSA) is 90.1 Å². The third-order valence-electron chi connectivity index (χ3n) is 4.45. The quantitative estimate of drug-likeness (QED) is 0.352. The molecule has 1 N–H and O–H groups in total. The maximum absolute atomic E-state index is 13.3. The highest BCUT2D eigenvalue weighted by molar-refractivity contribution is 9.10. The van der Waals surface area contributed by atoms with Crippen LogP contribution in [0.5, 0.6) is 0 Å². The van der Waals surface area contributed by atoms with Gasteiger partial charge in [-0.05, 0) is 39.7 Å². The second kappa shape index (κ2) is 7.84. The molecule has 7 nitrogen and oxygen atoms in total. The van der Waals surface area contributed by atoms with Gasteiger partial charge in [-0.15, -0.1) is 0 Å². The van der Waals surface area contributed by atoms with Crippen molar-refractivity contribution in [1.82, 2.24) is 9.55 Å². The zero-order chi connectivity index (χ0) is 20.4. The van der Waals surface area contributed by atoms with E-state index in [0.29, 0.717) is 33.6 Å². The zero-order valence-corrected chi connectivity index (χ0v) is 16.7. The first kappa shape index (κ1) is 18.8. The van der Waals surface area contributed by atoms with Gasteiger partial charge in [-0.2, -0.15) is 0 Å². The molecule has 0 aliphatic carbocycles. The lowest BCUT2D eigenvalue weighted by Gasteiger charge is -2.16. The van der Waals surface area contributed by atoms with Crippen molar-refractivity contribution in [1.29, 1.82) is 0 Å². The Morgan fingerprint density at radius 1 is 1.03 bits per heavy atom. The molecule has 4 aromatic rings. The maximum Gasteiger partial charge on any atom is 0.271 e. The molecule has 1 aromatic heterocycles. The van der Waals surface area contributed by atoms with Crippen LogP contribution in [0, 0.1) is 10.1 Å². The molecule has 0 aliphatic heterocycles. The van der Waals surface area contributed by atoms with Gasteiger partial charge in [-0.1, -0.05) is 42.5 Å². The first-order chi connectivity index (χ1) is 14.0. The lowest BCUT2D eigenvalue weighted by Crippen LogP contribution is -2.24. The van der Waals surface area contributed by atoms with Crippen LogP contribution in [0.3, 0.4) is 0 Å². The van der Waals surface area contributed by atoms with Gasteiger partial charge in [-0.25, -0.2) is 9.55 Å². The molecule has 0 spiro atoms. The molecule has 144 valence electrons. The summed E-state index contributed by atoms with van der Waals surface area (Å²) in [6.07, 6.45) is 0. The fraction of sp³-hybridized carbons (Fsp3) is 0.0476. The number of nitro groups is 1. The third-order valence-corrected chi connectivity index (χ3v) is 5.12. The molecular formula is C21H15BrN4O3. The van der Waals surface area contributed by atoms with Crippen LogP contribution in [0.25, 0.3) is 16.6 Å². The number of rotatable bonds is 5. The van der Waals surface area contributed by atoms with Gasteiger partial charge in [0, 0.05) is 23.2 Å². The van der Waals surface area contributed by atoms with E-state index in [1.54, 1.807) is 24.3 Å². The number of aromatic nitrogens is 2. The van der Waals surface area contributed by atoms with Crippen LogP contribution in [0.4, 0.5) is 11.6 Å². The summed E-state index contributed by atoms with van der Waals surface area (Å²) in [6, 6.07) is 21.0. The van der Waals surface area contributed by atoms with E-state index < -0.39 is 4.92 Å². The van der Waals surface area contributed by atoms with Gasteiger partial charge in [-0.3, -0.25) is 14.9 Å². The van der Waals surface area contributed by atoms with Crippen LogP contribution >= 0.6 is 15.9 Å². The van der Waals surface area contributed by atoms with Crippen molar-refractivity contribution < 1.29 is 4.92 Å². The molecule has 0 amide bonds. The maximum atomic E-state index is 13.3. The largest absolute Gasteiger partial charge is 0.351 e. The van der Waals surface area contributed by atoms with Crippen LogP contribution in [0.1, 0.15) is 5.56 Å². The molecule has 0 saturated carbocycles. The Bertz CT molecular complexity index is 1270.